The number of fused-ring (bicyclic) bond motifs is 1. The molecule has 4 aliphatic rings. The Morgan fingerprint density at radius 2 is 2.07 bits per heavy atom. The van der Waals surface area contributed by atoms with Crippen molar-refractivity contribution in [1.29, 1.82) is 0 Å². The van der Waals surface area contributed by atoms with E-state index in [0.717, 1.165) is 5.56 Å². The number of aliphatic carboxylic acids is 1. The number of halogens is 1. The summed E-state index contributed by atoms with van der Waals surface area (Å²) in [5.41, 5.74) is -1.84. The van der Waals surface area contributed by atoms with Crippen LogP contribution in [0.3, 0.4) is 0 Å². The van der Waals surface area contributed by atoms with E-state index in [1.54, 1.807) is 0 Å². The number of benzene rings is 1. The van der Waals surface area contributed by atoms with Crippen LogP contribution < -0.4 is 0 Å². The zero-order valence-corrected chi connectivity index (χ0v) is 16.9. The van der Waals surface area contributed by atoms with Gasteiger partial charge in [-0.25, -0.2) is 4.79 Å². The molecular weight excluding hydrogens is 465 g/mol. The molecular formula is C19H20INO6. The molecule has 4 fully saturated rings. The Hall–Kier alpha value is -1.84. The highest BCUT2D eigenvalue weighted by molar-refractivity contribution is 14.1. The number of piperidine rings is 2. The molecule has 1 amide bonds. The number of nitrogens with zero attached hydrogens (tertiary/aromatic N) is 1. The standard InChI is InChI=1S/C19H20INO6/c1-2-19-13(20)12-8-18(15(22)23,16(24)27-19)14(19)21(9-12)17(25)26-10-11-6-4-3-5-7-11/h3-7,12-14H,2,8-10H2,1H3,(H,22,23)/t12?,13?,14?,18-,19+/m0/s1. The van der Waals surface area contributed by atoms with E-state index in [-0.39, 0.29) is 22.9 Å². The molecule has 3 unspecified atom stereocenters. The Bertz CT molecular complexity index is 801. The minimum absolute atomic E-state index is 0.0396. The molecule has 3 saturated heterocycles. The van der Waals surface area contributed by atoms with Crippen LogP contribution in [0.2, 0.25) is 0 Å². The number of carbonyl (C=O) groups is 3. The van der Waals surface area contributed by atoms with Crippen molar-refractivity contribution in [2.75, 3.05) is 6.54 Å². The van der Waals surface area contributed by atoms with Crippen LogP contribution in [0.1, 0.15) is 25.3 Å². The summed E-state index contributed by atoms with van der Waals surface area (Å²) in [4.78, 5) is 39.1. The maximum atomic E-state index is 12.9. The Morgan fingerprint density at radius 1 is 1.37 bits per heavy atom. The quantitative estimate of drug-likeness (QED) is 0.305. The van der Waals surface area contributed by atoms with Crippen LogP contribution in [0.15, 0.2) is 30.3 Å². The molecule has 1 aromatic carbocycles. The van der Waals surface area contributed by atoms with Gasteiger partial charge in [0, 0.05) is 6.54 Å². The molecule has 0 spiro atoms. The second kappa shape index (κ2) is 6.35. The monoisotopic (exact) mass is 485 g/mol. The van der Waals surface area contributed by atoms with E-state index in [4.69, 9.17) is 9.47 Å². The second-order valence-corrected chi connectivity index (χ2v) is 8.78. The highest BCUT2D eigenvalue weighted by Crippen LogP contribution is 2.62. The largest absolute Gasteiger partial charge is 0.480 e. The van der Waals surface area contributed by atoms with Crippen molar-refractivity contribution in [3.63, 3.8) is 0 Å². The van der Waals surface area contributed by atoms with E-state index in [2.05, 4.69) is 22.6 Å². The maximum Gasteiger partial charge on any atom is 0.410 e. The number of ether oxygens (including phenoxy) is 2. The predicted molar refractivity (Wildman–Crippen MR) is 102 cm³/mol. The average molecular weight is 485 g/mol. The number of rotatable bonds is 4. The minimum atomic E-state index is -1.70. The fraction of sp³-hybridized carbons (Fsp3) is 0.526. The van der Waals surface area contributed by atoms with Crippen LogP contribution in [0, 0.1) is 11.3 Å². The lowest BCUT2D eigenvalue weighted by molar-refractivity contribution is -0.166. The molecule has 1 saturated carbocycles. The number of carboxylic acid groups (broad SMARTS) is 1. The fourth-order valence-electron chi connectivity index (χ4n) is 4.95. The van der Waals surface area contributed by atoms with Crippen molar-refractivity contribution < 1.29 is 29.0 Å². The van der Waals surface area contributed by atoms with E-state index in [1.165, 1.54) is 4.90 Å². The summed E-state index contributed by atoms with van der Waals surface area (Å²) in [7, 11) is 0. The molecule has 1 aromatic rings. The topological polar surface area (TPSA) is 93.1 Å². The van der Waals surface area contributed by atoms with Crippen molar-refractivity contribution in [2.24, 2.45) is 11.3 Å². The van der Waals surface area contributed by atoms with Gasteiger partial charge in [0.25, 0.3) is 0 Å². The number of amides is 1. The first-order valence-corrected chi connectivity index (χ1v) is 10.2. The highest BCUT2D eigenvalue weighted by atomic mass is 127. The van der Waals surface area contributed by atoms with Gasteiger partial charge in [0.2, 0.25) is 0 Å². The van der Waals surface area contributed by atoms with Gasteiger partial charge in [0.05, 0.1) is 3.92 Å². The Balaban J connectivity index is 1.66. The lowest BCUT2D eigenvalue weighted by atomic mass is 9.57. The van der Waals surface area contributed by atoms with Crippen molar-refractivity contribution in [1.82, 2.24) is 4.90 Å². The Labute approximate surface area is 170 Å². The first-order valence-electron chi connectivity index (χ1n) is 8.95. The number of carbonyl (C=O) groups excluding carboxylic acids is 2. The molecule has 5 rings (SSSR count). The second-order valence-electron chi connectivity index (χ2n) is 7.44. The van der Waals surface area contributed by atoms with E-state index < -0.39 is 35.1 Å². The smallest absolute Gasteiger partial charge is 0.410 e. The molecule has 3 heterocycles. The van der Waals surface area contributed by atoms with Crippen molar-refractivity contribution in [3.8, 4) is 0 Å². The van der Waals surface area contributed by atoms with Crippen LogP contribution in [0.4, 0.5) is 4.79 Å². The van der Waals surface area contributed by atoms with Gasteiger partial charge in [-0.05, 0) is 24.3 Å². The normalized spacial score (nSPS) is 36.4. The van der Waals surface area contributed by atoms with E-state index in [1.807, 2.05) is 37.3 Å². The molecule has 8 heteroatoms. The van der Waals surface area contributed by atoms with Crippen molar-refractivity contribution in [2.45, 2.75) is 41.9 Å². The third kappa shape index (κ3) is 2.41. The number of carboxylic acids is 1. The van der Waals surface area contributed by atoms with Crippen molar-refractivity contribution >= 4 is 40.6 Å². The summed E-state index contributed by atoms with van der Waals surface area (Å²) < 4.78 is 11.1. The summed E-state index contributed by atoms with van der Waals surface area (Å²) in [6.45, 7) is 2.33. The van der Waals surface area contributed by atoms with Crippen LogP contribution in [-0.2, 0) is 25.7 Å². The zero-order valence-electron chi connectivity index (χ0n) is 14.8. The first kappa shape index (κ1) is 18.5. The van der Waals surface area contributed by atoms with Crippen molar-refractivity contribution in [3.05, 3.63) is 35.9 Å². The van der Waals surface area contributed by atoms with Crippen LogP contribution >= 0.6 is 22.6 Å². The third-order valence-electron chi connectivity index (χ3n) is 6.16. The van der Waals surface area contributed by atoms with Gasteiger partial charge in [-0.15, -0.1) is 0 Å². The van der Waals surface area contributed by atoms with E-state index >= 15 is 0 Å². The van der Waals surface area contributed by atoms with Gasteiger partial charge in [-0.1, -0.05) is 59.8 Å². The number of hydrogen-bond donors (Lipinski definition) is 1. The van der Waals surface area contributed by atoms with Gasteiger partial charge >= 0.3 is 18.0 Å². The lowest BCUT2D eigenvalue weighted by Gasteiger charge is -2.57. The summed E-state index contributed by atoms with van der Waals surface area (Å²) in [6, 6.07) is 8.42. The Morgan fingerprint density at radius 3 is 2.70 bits per heavy atom. The molecule has 4 bridgehead atoms. The minimum Gasteiger partial charge on any atom is -0.480 e. The summed E-state index contributed by atoms with van der Waals surface area (Å²) in [5, 5.41) is 9.93. The van der Waals surface area contributed by atoms with Gasteiger partial charge in [0.1, 0.15) is 18.2 Å². The first-order chi connectivity index (χ1) is 12.9. The Kier molecular flexibility index (Phi) is 4.36. The van der Waals surface area contributed by atoms with Gasteiger partial charge in [0.15, 0.2) is 5.41 Å². The lowest BCUT2D eigenvalue weighted by Crippen LogP contribution is -2.74. The van der Waals surface area contributed by atoms with Gasteiger partial charge in [-0.2, -0.15) is 0 Å². The maximum absolute atomic E-state index is 12.9. The number of hydrogen-bond acceptors (Lipinski definition) is 5. The van der Waals surface area contributed by atoms with Gasteiger partial charge in [-0.3, -0.25) is 14.5 Å². The fourth-order valence-corrected chi connectivity index (χ4v) is 6.34. The molecule has 5 atom stereocenters. The molecule has 7 nitrogen and oxygen atoms in total. The van der Waals surface area contributed by atoms with Crippen LogP contribution in [0.5, 0.6) is 0 Å². The van der Waals surface area contributed by atoms with E-state index in [0.29, 0.717) is 13.0 Å². The van der Waals surface area contributed by atoms with Crippen LogP contribution in [0.25, 0.3) is 0 Å². The summed E-state index contributed by atoms with van der Waals surface area (Å²) in [6.07, 6.45) is 0.0490. The third-order valence-corrected chi connectivity index (χ3v) is 8.23. The average Bonchev–Trinajstić information content (AvgIpc) is 2.92. The SMILES string of the molecule is CC[C@]12OC(=O)[C@@]3(C(=O)O)CC(CN(C(=O)OCc4ccccc4)C31)C2I. The molecule has 144 valence electrons. The highest BCUT2D eigenvalue weighted by Gasteiger charge is 2.79. The van der Waals surface area contributed by atoms with E-state index in [9.17, 15) is 19.5 Å². The predicted octanol–water partition coefficient (Wildman–Crippen LogP) is 2.61. The number of esters is 1. The molecule has 0 radical (unpaired) electrons. The molecule has 27 heavy (non-hydrogen) atoms. The zero-order chi connectivity index (χ0) is 19.4. The number of alkyl halides is 1. The molecule has 3 aliphatic heterocycles. The summed E-state index contributed by atoms with van der Waals surface area (Å²) in [5.74, 6) is -2.09. The molecule has 1 N–H and O–H groups in total. The molecule has 0 aromatic heterocycles. The van der Waals surface area contributed by atoms with Gasteiger partial charge < -0.3 is 14.6 Å². The van der Waals surface area contributed by atoms with Crippen LogP contribution in [-0.4, -0.2) is 50.2 Å². The summed E-state index contributed by atoms with van der Waals surface area (Å²) >= 11 is 2.25. The molecule has 1 aliphatic carbocycles.